The molecule has 0 aliphatic heterocycles. The van der Waals surface area contributed by atoms with E-state index in [1.54, 1.807) is 0 Å². The van der Waals surface area contributed by atoms with Crippen LogP contribution < -0.4 is 17.0 Å². The van der Waals surface area contributed by atoms with Crippen LogP contribution in [0, 0.1) is 0 Å². The maximum absolute atomic E-state index is 8.00. The average molecular weight is 334 g/mol. The Hall–Kier alpha value is -1.05. The minimum absolute atomic E-state index is 0. The van der Waals surface area contributed by atoms with Gasteiger partial charge in [0.2, 0.25) is 0 Å². The Bertz CT molecular complexity index is 538. The van der Waals surface area contributed by atoms with Crippen molar-refractivity contribution in [2.75, 3.05) is 0 Å². The molecule has 3 heteroatoms. The van der Waals surface area contributed by atoms with E-state index in [2.05, 4.69) is 54.6 Å². The molecule has 0 saturated heterocycles. The van der Waals surface area contributed by atoms with Crippen molar-refractivity contribution in [1.82, 2.24) is 0 Å². The number of hydrogen-bond acceptors (Lipinski definition) is 1. The van der Waals surface area contributed by atoms with Crippen LogP contribution >= 0.6 is 0 Å². The molecule has 0 atom stereocenters. The van der Waals surface area contributed by atoms with E-state index < -0.39 is 0 Å². The van der Waals surface area contributed by atoms with E-state index in [0.717, 1.165) is 0 Å². The summed E-state index contributed by atoms with van der Waals surface area (Å²) in [5.41, 5.74) is 0. The maximum atomic E-state index is 8.00. The Morgan fingerprint density at radius 2 is 1.12 bits per heavy atom. The third-order valence-electron chi connectivity index (χ3n) is 2.52. The predicted octanol–water partition coefficient (Wildman–Crippen LogP) is 0.529. The summed E-state index contributed by atoms with van der Waals surface area (Å²) in [5.74, 6) is 0. The molecule has 90 valence electrons. The minimum atomic E-state index is 0. The van der Waals surface area contributed by atoms with Gasteiger partial charge < -0.3 is 21.8 Å². The molecule has 0 saturated carbocycles. The van der Waals surface area contributed by atoms with Gasteiger partial charge >= 0.3 is 16.5 Å². The molecular formula is C14H11BrNiO. The summed E-state index contributed by atoms with van der Waals surface area (Å²) in [6.07, 6.45) is 0. The van der Waals surface area contributed by atoms with Crippen molar-refractivity contribution in [3.05, 3.63) is 54.6 Å². The van der Waals surface area contributed by atoms with Crippen molar-refractivity contribution < 1.29 is 38.3 Å². The minimum Gasteiger partial charge on any atom is -1.00 e. The molecule has 0 aliphatic carbocycles. The fourth-order valence-electron chi connectivity index (χ4n) is 1.90. The van der Waals surface area contributed by atoms with E-state index in [-0.39, 0.29) is 33.5 Å². The summed E-state index contributed by atoms with van der Waals surface area (Å²) >= 11 is 0. The summed E-state index contributed by atoms with van der Waals surface area (Å²) < 4.78 is 0. The summed E-state index contributed by atoms with van der Waals surface area (Å²) in [6.45, 7) is 2.00. The monoisotopic (exact) mass is 332 g/mol. The van der Waals surface area contributed by atoms with E-state index in [4.69, 9.17) is 4.79 Å². The topological polar surface area (TPSA) is 17.1 Å². The molecule has 0 N–H and O–H groups in total. The van der Waals surface area contributed by atoms with Crippen molar-refractivity contribution >= 4 is 28.3 Å². The van der Waals surface area contributed by atoms with Gasteiger partial charge in [0.15, 0.2) is 0 Å². The number of fused-ring (bicyclic) bond motifs is 3. The quantitative estimate of drug-likeness (QED) is 0.433. The third kappa shape index (κ3) is 2.99. The van der Waals surface area contributed by atoms with Gasteiger partial charge in [-0.1, -0.05) is 36.4 Å². The van der Waals surface area contributed by atoms with Crippen LogP contribution in [0.15, 0.2) is 54.6 Å². The normalized spacial score (nSPS) is 8.71. The molecule has 3 rings (SSSR count). The molecule has 17 heavy (non-hydrogen) atoms. The van der Waals surface area contributed by atoms with E-state index in [1.807, 2.05) is 6.79 Å². The molecule has 0 amide bonds. The fourth-order valence-corrected chi connectivity index (χ4v) is 1.90. The molecule has 3 aromatic rings. The first-order chi connectivity index (χ1) is 7.45. The Labute approximate surface area is 121 Å². The van der Waals surface area contributed by atoms with Gasteiger partial charge in [0.05, 0.1) is 0 Å². The third-order valence-corrected chi connectivity index (χ3v) is 2.52. The Kier molecular flexibility index (Phi) is 6.86. The number of halogens is 1. The van der Waals surface area contributed by atoms with Crippen molar-refractivity contribution in [3.63, 3.8) is 0 Å². The number of rotatable bonds is 0. The van der Waals surface area contributed by atoms with Crippen molar-refractivity contribution in [1.29, 1.82) is 0 Å². The number of benzene rings is 2. The second kappa shape index (κ2) is 7.31. The first-order valence-electron chi connectivity index (χ1n) is 4.77. The van der Waals surface area contributed by atoms with Gasteiger partial charge in [-0.2, -0.15) is 0 Å². The first kappa shape index (κ1) is 16.0. The van der Waals surface area contributed by atoms with Crippen LogP contribution in [-0.2, 0) is 21.3 Å². The predicted molar refractivity (Wildman–Crippen MR) is 64.2 cm³/mol. The summed E-state index contributed by atoms with van der Waals surface area (Å²) in [7, 11) is 0. The van der Waals surface area contributed by atoms with Gasteiger partial charge in [-0.3, -0.25) is 0 Å². The second-order valence-corrected chi connectivity index (χ2v) is 3.32. The number of carbonyl (C=O) groups excluding carboxylic acids is 1. The standard InChI is InChI=1S/C13H9.CH2O.BrH.Ni/c1-3-7-12-10(5-1)9-11-6-2-4-8-13(11)12;1-2;;/h1-9H;1H2;1H;/q-1;;;+2/p-1. The zero-order chi connectivity index (χ0) is 10.7. The van der Waals surface area contributed by atoms with Gasteiger partial charge in [0, 0.05) is 0 Å². The van der Waals surface area contributed by atoms with Gasteiger partial charge in [-0.15, -0.1) is 39.7 Å². The smallest absolute Gasteiger partial charge is 1.00 e. The first-order valence-corrected chi connectivity index (χ1v) is 4.77. The zero-order valence-electron chi connectivity index (χ0n) is 9.01. The molecule has 0 aromatic heterocycles. The molecule has 0 unspecified atom stereocenters. The molecule has 0 heterocycles. The molecule has 0 radical (unpaired) electrons. The molecular weight excluding hydrogens is 323 g/mol. The van der Waals surface area contributed by atoms with E-state index in [1.165, 1.54) is 21.5 Å². The van der Waals surface area contributed by atoms with Crippen LogP contribution in [0.25, 0.3) is 21.5 Å². The SMILES string of the molecule is C=O.[Br-].[Ni+2].c1ccc2c(c1)[cH-]c1ccccc12. The Morgan fingerprint density at radius 3 is 1.53 bits per heavy atom. The molecule has 0 bridgehead atoms. The van der Waals surface area contributed by atoms with Gasteiger partial charge in [0.25, 0.3) is 0 Å². The summed E-state index contributed by atoms with van der Waals surface area (Å²) in [4.78, 5) is 8.00. The van der Waals surface area contributed by atoms with Crippen molar-refractivity contribution in [2.24, 2.45) is 0 Å². The van der Waals surface area contributed by atoms with Crippen LogP contribution in [0.5, 0.6) is 0 Å². The molecule has 0 fully saturated rings. The Morgan fingerprint density at radius 1 is 0.765 bits per heavy atom. The molecule has 1 nitrogen and oxygen atoms in total. The van der Waals surface area contributed by atoms with Crippen molar-refractivity contribution in [2.45, 2.75) is 0 Å². The van der Waals surface area contributed by atoms with Crippen LogP contribution in [0.1, 0.15) is 0 Å². The van der Waals surface area contributed by atoms with Gasteiger partial charge in [-0.25, -0.2) is 0 Å². The molecule has 0 aliphatic rings. The second-order valence-electron chi connectivity index (χ2n) is 3.32. The van der Waals surface area contributed by atoms with E-state index in [9.17, 15) is 0 Å². The zero-order valence-corrected chi connectivity index (χ0v) is 11.6. The van der Waals surface area contributed by atoms with E-state index in [0.29, 0.717) is 0 Å². The van der Waals surface area contributed by atoms with Crippen LogP contribution in [0.2, 0.25) is 0 Å². The summed E-state index contributed by atoms with van der Waals surface area (Å²) in [6, 6.07) is 19.3. The van der Waals surface area contributed by atoms with Crippen molar-refractivity contribution in [3.8, 4) is 0 Å². The fraction of sp³-hybridized carbons (Fsp3) is 0. The van der Waals surface area contributed by atoms with Gasteiger partial charge in [-0.05, 0) is 0 Å². The maximum Gasteiger partial charge on any atom is 2.00 e. The van der Waals surface area contributed by atoms with E-state index >= 15 is 0 Å². The van der Waals surface area contributed by atoms with Crippen LogP contribution in [0.4, 0.5) is 0 Å². The number of hydrogen-bond donors (Lipinski definition) is 0. The average Bonchev–Trinajstić information content (AvgIpc) is 2.70. The number of carbonyl (C=O) groups is 1. The summed E-state index contributed by atoms with van der Waals surface area (Å²) in [5, 5.41) is 5.39. The Balaban J connectivity index is 0.000000611. The molecule has 0 spiro atoms. The van der Waals surface area contributed by atoms with Gasteiger partial charge in [0.1, 0.15) is 6.79 Å². The van der Waals surface area contributed by atoms with Crippen LogP contribution in [-0.4, -0.2) is 6.79 Å². The largest absolute Gasteiger partial charge is 2.00 e. The molecule has 3 aromatic carbocycles. The van der Waals surface area contributed by atoms with Crippen LogP contribution in [0.3, 0.4) is 0 Å².